The molecule has 2 heteroatoms. The van der Waals surface area contributed by atoms with Gasteiger partial charge in [0.05, 0.1) is 0 Å². The first-order valence-electron chi connectivity index (χ1n) is 6.56. The second-order valence-corrected chi connectivity index (χ2v) is 5.62. The first kappa shape index (κ1) is 16.4. The van der Waals surface area contributed by atoms with Crippen molar-refractivity contribution in [3.8, 4) is 0 Å². The predicted octanol–water partition coefficient (Wildman–Crippen LogP) is 4.00. The molecule has 0 radical (unpaired) electrons. The third-order valence-corrected chi connectivity index (χ3v) is 3.59. The molecule has 0 aliphatic rings. The third kappa shape index (κ3) is 5.49. The maximum Gasteiger partial charge on any atom is 0.189 e. The summed E-state index contributed by atoms with van der Waals surface area (Å²) in [5.41, 5.74) is -0.175. The molecule has 2 nitrogen and oxygen atoms in total. The SMILES string of the molecule is C=C(C)C(=O)C(C)(C)OCCC(C)C(C)CC. The Kier molecular flexibility index (Phi) is 6.69. The van der Waals surface area contributed by atoms with Gasteiger partial charge in [-0.15, -0.1) is 0 Å². The van der Waals surface area contributed by atoms with E-state index in [0.29, 0.717) is 24.0 Å². The van der Waals surface area contributed by atoms with Crippen LogP contribution in [0.4, 0.5) is 0 Å². The zero-order chi connectivity index (χ0) is 13.6. The van der Waals surface area contributed by atoms with Crippen LogP contribution in [0, 0.1) is 11.8 Å². The van der Waals surface area contributed by atoms with Crippen LogP contribution >= 0.6 is 0 Å². The Hall–Kier alpha value is -0.630. The van der Waals surface area contributed by atoms with E-state index in [9.17, 15) is 4.79 Å². The van der Waals surface area contributed by atoms with Gasteiger partial charge in [0.15, 0.2) is 5.78 Å². The van der Waals surface area contributed by atoms with Gasteiger partial charge in [0.2, 0.25) is 0 Å². The molecule has 0 amide bonds. The Balaban J connectivity index is 4.12. The van der Waals surface area contributed by atoms with Crippen LogP contribution in [-0.4, -0.2) is 18.0 Å². The highest BCUT2D eigenvalue weighted by Crippen LogP contribution is 2.21. The second-order valence-electron chi connectivity index (χ2n) is 5.62. The van der Waals surface area contributed by atoms with E-state index in [1.807, 2.05) is 13.8 Å². The van der Waals surface area contributed by atoms with Gasteiger partial charge >= 0.3 is 0 Å². The minimum atomic E-state index is -0.735. The topological polar surface area (TPSA) is 26.3 Å². The molecule has 2 unspecified atom stereocenters. The summed E-state index contributed by atoms with van der Waals surface area (Å²) in [7, 11) is 0. The molecule has 0 N–H and O–H groups in total. The average Bonchev–Trinajstić information content (AvgIpc) is 2.26. The van der Waals surface area contributed by atoms with Crippen LogP contribution in [0.2, 0.25) is 0 Å². The van der Waals surface area contributed by atoms with E-state index in [-0.39, 0.29) is 5.78 Å². The summed E-state index contributed by atoms with van der Waals surface area (Å²) in [4.78, 5) is 11.8. The molecule has 0 fully saturated rings. The van der Waals surface area contributed by atoms with Gasteiger partial charge < -0.3 is 4.74 Å². The lowest BCUT2D eigenvalue weighted by atomic mass is 9.91. The quantitative estimate of drug-likeness (QED) is 0.599. The lowest BCUT2D eigenvalue weighted by Gasteiger charge is -2.26. The Morgan fingerprint density at radius 3 is 2.24 bits per heavy atom. The number of carbonyl (C=O) groups excluding carboxylic acids is 1. The fourth-order valence-corrected chi connectivity index (χ4v) is 1.77. The van der Waals surface area contributed by atoms with Crippen LogP contribution in [0.5, 0.6) is 0 Å². The Morgan fingerprint density at radius 2 is 1.82 bits per heavy atom. The number of carbonyl (C=O) groups is 1. The van der Waals surface area contributed by atoms with Gasteiger partial charge in [-0.3, -0.25) is 4.79 Å². The molecule has 0 aromatic carbocycles. The van der Waals surface area contributed by atoms with Gasteiger partial charge in [0, 0.05) is 6.61 Å². The minimum absolute atomic E-state index is 0.00584. The fourth-order valence-electron chi connectivity index (χ4n) is 1.77. The molecule has 0 aliphatic carbocycles. The smallest absolute Gasteiger partial charge is 0.189 e. The monoisotopic (exact) mass is 240 g/mol. The first-order chi connectivity index (χ1) is 7.72. The van der Waals surface area contributed by atoms with E-state index < -0.39 is 5.60 Å². The fraction of sp³-hybridized carbons (Fsp3) is 0.800. The number of rotatable bonds is 8. The minimum Gasteiger partial charge on any atom is -0.367 e. The molecule has 0 aromatic rings. The lowest BCUT2D eigenvalue weighted by molar-refractivity contribution is -0.136. The summed E-state index contributed by atoms with van der Waals surface area (Å²) in [6.07, 6.45) is 2.19. The molecule has 0 rings (SSSR count). The van der Waals surface area contributed by atoms with Gasteiger partial charge in [0.25, 0.3) is 0 Å². The van der Waals surface area contributed by atoms with Gasteiger partial charge in [-0.25, -0.2) is 0 Å². The molecule has 0 spiro atoms. The molecule has 0 saturated heterocycles. The van der Waals surface area contributed by atoms with Gasteiger partial charge in [0.1, 0.15) is 5.60 Å². The normalized spacial score (nSPS) is 15.4. The van der Waals surface area contributed by atoms with Crippen molar-refractivity contribution in [2.75, 3.05) is 6.61 Å². The van der Waals surface area contributed by atoms with Crippen molar-refractivity contribution < 1.29 is 9.53 Å². The van der Waals surface area contributed by atoms with E-state index in [1.165, 1.54) is 6.42 Å². The molecule has 0 saturated carbocycles. The predicted molar refractivity (Wildman–Crippen MR) is 73.1 cm³/mol. The highest BCUT2D eigenvalue weighted by molar-refractivity contribution is 6.00. The number of Topliss-reactive ketones (excluding diaryl/α,β-unsaturated/α-hetero) is 1. The zero-order valence-corrected chi connectivity index (χ0v) is 12.3. The van der Waals surface area contributed by atoms with E-state index in [0.717, 1.165) is 6.42 Å². The number of hydrogen-bond acceptors (Lipinski definition) is 2. The van der Waals surface area contributed by atoms with Crippen molar-refractivity contribution >= 4 is 5.78 Å². The molecule has 17 heavy (non-hydrogen) atoms. The Labute approximate surface area is 106 Å². The Morgan fingerprint density at radius 1 is 1.29 bits per heavy atom. The molecule has 2 atom stereocenters. The van der Waals surface area contributed by atoms with Crippen LogP contribution in [-0.2, 0) is 9.53 Å². The average molecular weight is 240 g/mol. The largest absolute Gasteiger partial charge is 0.367 e. The standard InChI is InChI=1S/C15H28O2/c1-8-12(4)13(5)9-10-17-15(6,7)14(16)11(2)3/h12-13H,2,8-10H2,1,3-7H3. The lowest BCUT2D eigenvalue weighted by Crippen LogP contribution is -2.36. The second kappa shape index (κ2) is 6.95. The third-order valence-electron chi connectivity index (χ3n) is 3.59. The maximum atomic E-state index is 11.8. The van der Waals surface area contributed by atoms with Crippen LogP contribution in [0.25, 0.3) is 0 Å². The van der Waals surface area contributed by atoms with Crippen molar-refractivity contribution in [3.05, 3.63) is 12.2 Å². The number of ether oxygens (including phenoxy) is 1. The zero-order valence-electron chi connectivity index (χ0n) is 12.3. The highest BCUT2D eigenvalue weighted by atomic mass is 16.5. The van der Waals surface area contributed by atoms with E-state index in [2.05, 4.69) is 27.4 Å². The number of ketones is 1. The first-order valence-corrected chi connectivity index (χ1v) is 6.56. The molecule has 0 aromatic heterocycles. The maximum absolute atomic E-state index is 11.8. The van der Waals surface area contributed by atoms with Crippen molar-refractivity contribution in [2.45, 2.75) is 60.0 Å². The molecular formula is C15H28O2. The van der Waals surface area contributed by atoms with Crippen LogP contribution in [0.1, 0.15) is 54.4 Å². The van der Waals surface area contributed by atoms with Gasteiger partial charge in [-0.2, -0.15) is 0 Å². The molecule has 0 bridgehead atoms. The Bertz CT molecular complexity index is 266. The summed E-state index contributed by atoms with van der Waals surface area (Å²) in [5, 5.41) is 0. The summed E-state index contributed by atoms with van der Waals surface area (Å²) < 4.78 is 5.71. The summed E-state index contributed by atoms with van der Waals surface area (Å²) in [6, 6.07) is 0. The van der Waals surface area contributed by atoms with Crippen LogP contribution in [0.3, 0.4) is 0 Å². The summed E-state index contributed by atoms with van der Waals surface area (Å²) in [6.45, 7) is 16.4. The van der Waals surface area contributed by atoms with Crippen molar-refractivity contribution in [1.82, 2.24) is 0 Å². The molecular weight excluding hydrogens is 212 g/mol. The van der Waals surface area contributed by atoms with Gasteiger partial charge in [-0.05, 0) is 44.6 Å². The van der Waals surface area contributed by atoms with E-state index in [1.54, 1.807) is 6.92 Å². The van der Waals surface area contributed by atoms with Crippen LogP contribution in [0.15, 0.2) is 12.2 Å². The number of hydrogen-bond donors (Lipinski definition) is 0. The highest BCUT2D eigenvalue weighted by Gasteiger charge is 2.28. The van der Waals surface area contributed by atoms with Crippen LogP contribution < -0.4 is 0 Å². The van der Waals surface area contributed by atoms with Crippen molar-refractivity contribution in [1.29, 1.82) is 0 Å². The van der Waals surface area contributed by atoms with Gasteiger partial charge in [-0.1, -0.05) is 33.8 Å². The summed E-state index contributed by atoms with van der Waals surface area (Å²) >= 11 is 0. The van der Waals surface area contributed by atoms with E-state index in [4.69, 9.17) is 4.74 Å². The van der Waals surface area contributed by atoms with Crippen molar-refractivity contribution in [3.63, 3.8) is 0 Å². The summed E-state index contributed by atoms with van der Waals surface area (Å²) in [5.74, 6) is 1.34. The van der Waals surface area contributed by atoms with Crippen molar-refractivity contribution in [2.24, 2.45) is 11.8 Å². The molecule has 100 valence electrons. The molecule has 0 aliphatic heterocycles. The molecule has 0 heterocycles. The van der Waals surface area contributed by atoms with E-state index >= 15 is 0 Å².